The number of ether oxygens (including phenoxy) is 2. The summed E-state index contributed by atoms with van der Waals surface area (Å²) in [6.45, 7) is 2.38. The molecule has 23 heavy (non-hydrogen) atoms. The van der Waals surface area contributed by atoms with Gasteiger partial charge in [0.15, 0.2) is 0 Å². The maximum absolute atomic E-state index is 11.4. The molecule has 2 N–H and O–H groups in total. The fourth-order valence-corrected chi connectivity index (χ4v) is 3.18. The molecule has 0 saturated heterocycles. The van der Waals surface area contributed by atoms with Gasteiger partial charge in [-0.15, -0.1) is 0 Å². The first kappa shape index (κ1) is 18.2. The first-order valence-corrected chi connectivity index (χ1v) is 8.74. The number of hydrogen-bond acceptors (Lipinski definition) is 4. The first-order chi connectivity index (χ1) is 11.1. The van der Waals surface area contributed by atoms with Crippen LogP contribution in [0.3, 0.4) is 0 Å². The van der Waals surface area contributed by atoms with E-state index in [1.165, 1.54) is 0 Å². The second-order valence-corrected chi connectivity index (χ2v) is 6.63. The molecule has 1 aliphatic heterocycles. The Bertz CT molecular complexity index is 555. The lowest BCUT2D eigenvalue weighted by Gasteiger charge is -2.36. The second-order valence-electron chi connectivity index (χ2n) is 5.38. The van der Waals surface area contributed by atoms with Crippen LogP contribution in [-0.2, 0) is 14.3 Å². The van der Waals surface area contributed by atoms with Gasteiger partial charge in [0.05, 0.1) is 0 Å². The summed E-state index contributed by atoms with van der Waals surface area (Å²) < 4.78 is 12.3. The molecule has 0 aromatic heterocycles. The number of rotatable bonds is 7. The van der Waals surface area contributed by atoms with E-state index in [0.717, 1.165) is 9.13 Å². The standard InChI is InChI=1S/C17H21IO5/c1-2-22-17-13(4-3-9-19)14(10-15(23-17)16(20)21)11-5-7-12(18)8-6-11/h5-8,10,13-14,17,19H,2-4,9H2,1H3,(H,20,21)/t13-,14+,17+/m0/s1. The van der Waals surface area contributed by atoms with E-state index in [1.807, 2.05) is 31.2 Å². The maximum atomic E-state index is 11.4. The van der Waals surface area contributed by atoms with Gasteiger partial charge in [0, 0.05) is 28.6 Å². The van der Waals surface area contributed by atoms with Gasteiger partial charge in [-0.1, -0.05) is 12.1 Å². The molecule has 0 amide bonds. The third-order valence-corrected chi connectivity index (χ3v) is 4.60. The quantitative estimate of drug-likeness (QED) is 0.648. The zero-order valence-corrected chi connectivity index (χ0v) is 15.1. The van der Waals surface area contributed by atoms with Crippen molar-refractivity contribution in [3.63, 3.8) is 0 Å². The van der Waals surface area contributed by atoms with Gasteiger partial charge >= 0.3 is 5.97 Å². The highest BCUT2D eigenvalue weighted by atomic mass is 127. The van der Waals surface area contributed by atoms with Gasteiger partial charge < -0.3 is 19.7 Å². The third kappa shape index (κ3) is 4.68. The van der Waals surface area contributed by atoms with Crippen LogP contribution in [0.25, 0.3) is 0 Å². The molecule has 0 saturated carbocycles. The summed E-state index contributed by atoms with van der Waals surface area (Å²) in [5, 5.41) is 18.5. The van der Waals surface area contributed by atoms with Gasteiger partial charge in [-0.2, -0.15) is 0 Å². The molecule has 126 valence electrons. The third-order valence-electron chi connectivity index (χ3n) is 3.88. The Balaban J connectivity index is 2.38. The zero-order chi connectivity index (χ0) is 16.8. The summed E-state index contributed by atoms with van der Waals surface area (Å²) in [4.78, 5) is 11.4. The Morgan fingerprint density at radius 2 is 2.04 bits per heavy atom. The lowest BCUT2D eigenvalue weighted by atomic mass is 9.80. The van der Waals surface area contributed by atoms with Crippen LogP contribution >= 0.6 is 22.6 Å². The van der Waals surface area contributed by atoms with Crippen molar-refractivity contribution in [2.45, 2.75) is 32.0 Å². The highest BCUT2D eigenvalue weighted by Gasteiger charge is 2.37. The molecule has 1 aromatic carbocycles. The van der Waals surface area contributed by atoms with Crippen molar-refractivity contribution in [1.82, 2.24) is 0 Å². The van der Waals surface area contributed by atoms with E-state index in [4.69, 9.17) is 14.6 Å². The molecule has 0 spiro atoms. The number of halogens is 1. The lowest BCUT2D eigenvalue weighted by molar-refractivity contribution is -0.173. The Kier molecular flexibility index (Phi) is 6.86. The van der Waals surface area contributed by atoms with E-state index in [0.29, 0.717) is 19.4 Å². The van der Waals surface area contributed by atoms with Gasteiger partial charge in [-0.05, 0) is 66.1 Å². The highest BCUT2D eigenvalue weighted by Crippen LogP contribution is 2.39. The number of allylic oxidation sites excluding steroid dienone is 1. The average Bonchev–Trinajstić information content (AvgIpc) is 2.54. The molecule has 1 aromatic rings. The minimum absolute atomic E-state index is 0.0368. The van der Waals surface area contributed by atoms with Crippen molar-refractivity contribution in [3.8, 4) is 0 Å². The molecule has 5 nitrogen and oxygen atoms in total. The monoisotopic (exact) mass is 432 g/mol. The van der Waals surface area contributed by atoms with Crippen LogP contribution in [0, 0.1) is 9.49 Å². The predicted octanol–water partition coefficient (Wildman–Crippen LogP) is 3.12. The fraction of sp³-hybridized carbons (Fsp3) is 0.471. The topological polar surface area (TPSA) is 76.0 Å². The Hall–Kier alpha value is -1.12. The number of hydrogen-bond donors (Lipinski definition) is 2. The molecular weight excluding hydrogens is 411 g/mol. The van der Waals surface area contributed by atoms with Crippen LogP contribution < -0.4 is 0 Å². The van der Waals surface area contributed by atoms with Crippen LogP contribution in [0.1, 0.15) is 31.2 Å². The summed E-state index contributed by atoms with van der Waals surface area (Å²) in [5.74, 6) is -1.32. The van der Waals surface area contributed by atoms with E-state index in [1.54, 1.807) is 6.08 Å². The minimum atomic E-state index is -1.09. The minimum Gasteiger partial charge on any atom is -0.475 e. The largest absolute Gasteiger partial charge is 0.475 e. The van der Waals surface area contributed by atoms with Gasteiger partial charge in [-0.3, -0.25) is 0 Å². The normalized spacial score (nSPS) is 24.0. The molecule has 1 aliphatic rings. The molecule has 0 fully saturated rings. The van der Waals surface area contributed by atoms with Crippen molar-refractivity contribution in [3.05, 3.63) is 45.2 Å². The Morgan fingerprint density at radius 3 is 2.61 bits per heavy atom. The summed E-state index contributed by atoms with van der Waals surface area (Å²) in [7, 11) is 0. The van der Waals surface area contributed by atoms with Crippen LogP contribution in [0.15, 0.2) is 36.1 Å². The van der Waals surface area contributed by atoms with E-state index < -0.39 is 12.3 Å². The van der Waals surface area contributed by atoms with Gasteiger partial charge in [-0.25, -0.2) is 4.79 Å². The summed E-state index contributed by atoms with van der Waals surface area (Å²) in [5.41, 5.74) is 1.03. The van der Waals surface area contributed by atoms with E-state index >= 15 is 0 Å². The smallest absolute Gasteiger partial charge is 0.370 e. The molecule has 0 aliphatic carbocycles. The van der Waals surface area contributed by atoms with Crippen molar-refractivity contribution in [2.75, 3.05) is 13.2 Å². The lowest BCUT2D eigenvalue weighted by Crippen LogP contribution is -2.36. The maximum Gasteiger partial charge on any atom is 0.370 e. The summed E-state index contributed by atoms with van der Waals surface area (Å²) >= 11 is 2.24. The van der Waals surface area contributed by atoms with Gasteiger partial charge in [0.2, 0.25) is 12.0 Å². The highest BCUT2D eigenvalue weighted by molar-refractivity contribution is 14.1. The van der Waals surface area contributed by atoms with E-state index in [2.05, 4.69) is 22.6 Å². The number of benzene rings is 1. The van der Waals surface area contributed by atoms with Crippen LogP contribution in [0.4, 0.5) is 0 Å². The number of aliphatic hydroxyl groups excluding tert-OH is 1. The van der Waals surface area contributed by atoms with Crippen molar-refractivity contribution >= 4 is 28.6 Å². The van der Waals surface area contributed by atoms with Crippen LogP contribution in [0.5, 0.6) is 0 Å². The van der Waals surface area contributed by atoms with Crippen molar-refractivity contribution in [2.24, 2.45) is 5.92 Å². The molecule has 0 radical (unpaired) electrons. The molecule has 0 bridgehead atoms. The summed E-state index contributed by atoms with van der Waals surface area (Å²) in [6.07, 6.45) is 2.35. The average molecular weight is 432 g/mol. The number of carbonyl (C=O) groups is 1. The number of carboxylic acid groups (broad SMARTS) is 1. The number of aliphatic hydroxyl groups is 1. The molecule has 3 atom stereocenters. The molecule has 1 heterocycles. The SMILES string of the molecule is CCO[C@@H]1OC(C(=O)O)=C[C@H](c2ccc(I)cc2)[C@@H]1CCCO. The molecule has 6 heteroatoms. The predicted molar refractivity (Wildman–Crippen MR) is 93.9 cm³/mol. The van der Waals surface area contributed by atoms with E-state index in [-0.39, 0.29) is 24.2 Å². The van der Waals surface area contributed by atoms with Gasteiger partial charge in [0.25, 0.3) is 0 Å². The first-order valence-electron chi connectivity index (χ1n) is 7.66. The Morgan fingerprint density at radius 1 is 1.35 bits per heavy atom. The van der Waals surface area contributed by atoms with Crippen LogP contribution in [-0.4, -0.2) is 35.7 Å². The number of aliphatic carboxylic acids is 1. The molecule has 2 rings (SSSR count). The second kappa shape index (κ2) is 8.65. The van der Waals surface area contributed by atoms with Gasteiger partial charge in [0.1, 0.15) is 0 Å². The molecule has 0 unspecified atom stereocenters. The Labute approximate surface area is 149 Å². The fourth-order valence-electron chi connectivity index (χ4n) is 2.82. The number of carboxylic acids is 1. The molecular formula is C17H21IO5. The summed E-state index contributed by atoms with van der Waals surface area (Å²) in [6, 6.07) is 8.00. The van der Waals surface area contributed by atoms with Crippen molar-refractivity contribution in [1.29, 1.82) is 0 Å². The van der Waals surface area contributed by atoms with Crippen LogP contribution in [0.2, 0.25) is 0 Å². The zero-order valence-electron chi connectivity index (χ0n) is 12.9. The van der Waals surface area contributed by atoms with E-state index in [9.17, 15) is 9.90 Å². The van der Waals surface area contributed by atoms with Crippen molar-refractivity contribution < 1.29 is 24.5 Å².